The zero-order valence-electron chi connectivity index (χ0n) is 81.4. The fraction of sp³-hybridized carbons (Fsp3) is 0.596. The number of alkyl halides is 1. The SMILES string of the molecule is CC(C)NC1CN(c2ccc(OC(C)F)nc2)C1.CC(C)NC1CN(c2ncc(C3CC3)cc2Cl)C1.Cc1cc(N2CC(NC(C)C)C2)c(Cl)cn1.Cc1ccc(N2CC(NC(C)C)C2)nc1.Cc1cccc(N2CC(NC(C)C)C2)n1.Cc1cnc(N2CC(NC(C)C)C2)c(Cl)c1.Cc1cnc(N2CC(NC(C)C)C2)c(Cl)c1.Cc1cnc(N2CC(NC(C)C)C2)c(Cl)c1. The van der Waals surface area contributed by atoms with Crippen LogP contribution in [0.25, 0.3) is 0 Å². The summed E-state index contributed by atoms with van der Waals surface area (Å²) in [6.45, 7) is 64.5. The minimum Gasteiger partial charge on any atom is -0.444 e. The zero-order chi connectivity index (χ0) is 94.3. The summed E-state index contributed by atoms with van der Waals surface area (Å²) in [5, 5.41) is 31.9. The van der Waals surface area contributed by atoms with Gasteiger partial charge in [0.05, 0.1) is 42.7 Å². The van der Waals surface area contributed by atoms with Gasteiger partial charge in [-0.15, -0.1) is 0 Å². The summed E-state index contributed by atoms with van der Waals surface area (Å²) in [6, 6.07) is 33.1. The molecule has 8 aromatic rings. The first-order valence-corrected chi connectivity index (χ1v) is 49.0. The van der Waals surface area contributed by atoms with Gasteiger partial charge in [0.1, 0.15) is 34.9 Å². The molecule has 8 aliphatic heterocycles. The van der Waals surface area contributed by atoms with E-state index in [1.807, 2.05) is 102 Å². The Labute approximate surface area is 801 Å². The Morgan fingerprint density at radius 1 is 0.308 bits per heavy atom. The number of rotatable bonds is 27. The number of ether oxygens (including phenoxy) is 1. The monoisotopic (exact) mass is 1890 g/mol. The van der Waals surface area contributed by atoms with Crippen molar-refractivity contribution in [3.63, 3.8) is 0 Å². The van der Waals surface area contributed by atoms with Gasteiger partial charge in [0.25, 0.3) is 0 Å². The van der Waals surface area contributed by atoms with Gasteiger partial charge in [-0.05, 0) is 143 Å². The van der Waals surface area contributed by atoms with Gasteiger partial charge >= 0.3 is 0 Å². The molecule has 25 nitrogen and oxygen atoms in total. The van der Waals surface area contributed by atoms with E-state index in [1.165, 1.54) is 30.9 Å². The van der Waals surface area contributed by atoms with E-state index >= 15 is 0 Å². The maximum absolute atomic E-state index is 12.6. The van der Waals surface area contributed by atoms with Gasteiger partial charge in [-0.2, -0.15) is 0 Å². The molecule has 0 spiro atoms. The highest BCUT2D eigenvalue weighted by atomic mass is 35.5. The number of halogens is 6. The minimum atomic E-state index is -1.33. The summed E-state index contributed by atoms with van der Waals surface area (Å²) in [4.78, 5) is 52.9. The lowest BCUT2D eigenvalue weighted by molar-refractivity contribution is 0.0810. The normalized spacial score (nSPS) is 17.4. The standard InChI is InChI=1S/C14H20ClN3.C13H20FN3O.4C12H18ClN3.2C12H19N3/c1-9(2)17-12-7-18(8-12)14-13(15)5-11(6-16-14)10-3-4-10;1-9(2)16-11-7-17(8-11)12-4-5-13(15-6-12)18-10(3)14;1-8(2)15-10-6-16(7-10)12-4-9(3)14-5-11(12)13;3*1-8(2)15-10-6-16(7-10)12-11(13)4-9(3)5-14-12;1-9(2)14-11-7-15(8-11)12-5-4-10(3)6-13-12;1-9(2)13-11-7-15(8-11)12-6-4-5-10(3)14-12/h5-6,9-10,12,17H,3-4,7-8H2,1-2H3;4-6,9-11,16H,7-8H2,1-3H3;4*4-5,8,10,15H,6-7H2,1-3H3;4-6,9,11,14H,7-8H2,1-3H3;4-6,9,11,13H,7-8H2,1-3H3. The van der Waals surface area contributed by atoms with Crippen molar-refractivity contribution < 1.29 is 9.13 Å². The second-order valence-corrected chi connectivity index (χ2v) is 40.8. The third-order valence-electron chi connectivity index (χ3n) is 22.7. The number of aromatic nitrogens is 8. The fourth-order valence-electron chi connectivity index (χ4n) is 16.4. The average Bonchev–Trinajstić information content (AvgIpc) is 1.17. The summed E-state index contributed by atoms with van der Waals surface area (Å²) >= 11 is 31.0. The predicted molar refractivity (Wildman–Crippen MR) is 545 cm³/mol. The van der Waals surface area contributed by atoms with Crippen LogP contribution in [0, 0.1) is 41.5 Å². The van der Waals surface area contributed by atoms with E-state index in [2.05, 4.69) is 270 Å². The topological polar surface area (TPSA) is 235 Å². The molecule has 0 amide bonds. The molecule has 1 unspecified atom stereocenters. The fourth-order valence-corrected chi connectivity index (χ4v) is 18.0. The molecule has 714 valence electrons. The van der Waals surface area contributed by atoms with Gasteiger partial charge in [0.15, 0.2) is 0 Å². The van der Waals surface area contributed by atoms with Crippen molar-refractivity contribution in [2.24, 2.45) is 0 Å². The number of hydrogen-bond acceptors (Lipinski definition) is 25. The molecule has 9 fully saturated rings. The van der Waals surface area contributed by atoms with Crippen molar-refractivity contribution in [3.05, 3.63) is 180 Å². The van der Waals surface area contributed by atoms with Crippen molar-refractivity contribution in [1.82, 2.24) is 82.4 Å². The molecule has 8 aromatic heterocycles. The van der Waals surface area contributed by atoms with E-state index in [-0.39, 0.29) is 0 Å². The molecule has 130 heavy (non-hydrogen) atoms. The Hall–Kier alpha value is -7.54. The van der Waals surface area contributed by atoms with Crippen LogP contribution in [0.3, 0.4) is 0 Å². The van der Waals surface area contributed by atoms with Crippen LogP contribution < -0.4 is 86.5 Å². The Morgan fingerprint density at radius 2 is 0.646 bits per heavy atom. The largest absolute Gasteiger partial charge is 0.444 e. The van der Waals surface area contributed by atoms with E-state index in [1.54, 1.807) is 18.5 Å². The number of anilines is 8. The molecule has 1 saturated carbocycles. The van der Waals surface area contributed by atoms with Gasteiger partial charge < -0.3 is 86.5 Å². The lowest BCUT2D eigenvalue weighted by Gasteiger charge is -2.42. The van der Waals surface area contributed by atoms with Crippen LogP contribution in [-0.2, 0) is 0 Å². The Bertz CT molecular complexity index is 4540. The highest BCUT2D eigenvalue weighted by Crippen LogP contribution is 2.42. The highest BCUT2D eigenvalue weighted by Gasteiger charge is 2.36. The van der Waals surface area contributed by atoms with E-state index in [0.717, 1.165) is 210 Å². The van der Waals surface area contributed by atoms with Crippen LogP contribution in [-0.4, -0.2) is 248 Å². The molecule has 1 aliphatic carbocycles. The molecule has 9 aliphatic rings. The van der Waals surface area contributed by atoms with Crippen LogP contribution >= 0.6 is 58.0 Å². The summed E-state index contributed by atoms with van der Waals surface area (Å²) in [7, 11) is 0. The maximum Gasteiger partial charge on any atom is 0.237 e. The summed E-state index contributed by atoms with van der Waals surface area (Å²) < 4.78 is 17.5. The maximum atomic E-state index is 12.6. The average molecular weight is 1890 g/mol. The lowest BCUT2D eigenvalue weighted by Crippen LogP contribution is -2.59. The minimum absolute atomic E-state index is 0.325. The highest BCUT2D eigenvalue weighted by molar-refractivity contribution is 6.34. The smallest absolute Gasteiger partial charge is 0.237 e. The Kier molecular flexibility index (Phi) is 40.3. The van der Waals surface area contributed by atoms with E-state index < -0.39 is 6.36 Å². The van der Waals surface area contributed by atoms with Crippen LogP contribution in [0.2, 0.25) is 25.1 Å². The van der Waals surface area contributed by atoms with Crippen molar-refractivity contribution in [3.8, 4) is 5.88 Å². The first-order chi connectivity index (χ1) is 61.7. The van der Waals surface area contributed by atoms with Crippen LogP contribution in [0.15, 0.2) is 116 Å². The number of aryl methyl sites for hydroxylation is 6. The van der Waals surface area contributed by atoms with Crippen molar-refractivity contribution in [2.75, 3.05) is 144 Å². The molecule has 0 radical (unpaired) electrons. The van der Waals surface area contributed by atoms with E-state index in [9.17, 15) is 4.39 Å². The molecule has 17 rings (SSSR count). The second-order valence-electron chi connectivity index (χ2n) is 38.8. The number of hydrogen-bond donors (Lipinski definition) is 8. The van der Waals surface area contributed by atoms with Crippen molar-refractivity contribution in [1.29, 1.82) is 0 Å². The van der Waals surface area contributed by atoms with Gasteiger partial charge in [-0.25, -0.2) is 39.3 Å². The third-order valence-corrected chi connectivity index (χ3v) is 24.1. The first kappa shape index (κ1) is 105. The second kappa shape index (κ2) is 50.2. The van der Waals surface area contributed by atoms with Crippen molar-refractivity contribution >= 4 is 104 Å². The van der Waals surface area contributed by atoms with Crippen LogP contribution in [0.1, 0.15) is 176 Å². The molecule has 1 atom stereocenters. The molecule has 8 N–H and O–H groups in total. The van der Waals surface area contributed by atoms with Crippen LogP contribution in [0.5, 0.6) is 5.88 Å². The number of nitrogens with zero attached hydrogens (tertiary/aromatic N) is 16. The molecule has 31 heteroatoms. The molecule has 8 saturated heterocycles. The summed E-state index contributed by atoms with van der Waals surface area (Å²) in [5.41, 5.74) is 10.1. The first-order valence-electron chi connectivity index (χ1n) is 47.1. The van der Waals surface area contributed by atoms with Gasteiger partial charge in [0.2, 0.25) is 12.2 Å². The number of nitrogens with one attached hydrogen (secondary N) is 8. The molecular weight excluding hydrogens is 1740 g/mol. The predicted octanol–water partition coefficient (Wildman–Crippen LogP) is 16.8. The van der Waals surface area contributed by atoms with Gasteiger partial charge in [0, 0.05) is 263 Å². The van der Waals surface area contributed by atoms with Gasteiger partial charge in [-0.3, -0.25) is 4.98 Å². The molecule has 16 heterocycles. The summed E-state index contributed by atoms with van der Waals surface area (Å²) in [5.74, 6) is 6.93. The molecule has 0 aromatic carbocycles. The Balaban J connectivity index is 0.000000155. The lowest BCUT2D eigenvalue weighted by atomic mass is 10.1. The quantitative estimate of drug-likeness (QED) is 0.0239. The Morgan fingerprint density at radius 3 is 0.962 bits per heavy atom. The van der Waals surface area contributed by atoms with Crippen molar-refractivity contribution in [2.45, 2.75) is 281 Å². The summed E-state index contributed by atoms with van der Waals surface area (Å²) in [6.07, 6.45) is 14.2. The zero-order valence-corrected chi connectivity index (χ0v) is 85.2. The van der Waals surface area contributed by atoms with E-state index in [4.69, 9.17) is 62.7 Å². The third kappa shape index (κ3) is 33.5. The molecule has 0 bridgehead atoms. The number of pyridine rings is 8. The molecular formula is C99H150Cl5FN24O. The van der Waals surface area contributed by atoms with E-state index in [0.29, 0.717) is 103 Å². The van der Waals surface area contributed by atoms with Gasteiger partial charge in [-0.1, -0.05) is 181 Å². The van der Waals surface area contributed by atoms with Crippen LogP contribution in [0.4, 0.5) is 50.7 Å².